The monoisotopic (exact) mass is 386 g/mol. The second-order valence-electron chi connectivity index (χ2n) is 6.30. The van der Waals surface area contributed by atoms with E-state index in [4.69, 9.17) is 9.47 Å². The minimum atomic E-state index is -0.202. The fourth-order valence-electron chi connectivity index (χ4n) is 3.04. The summed E-state index contributed by atoms with van der Waals surface area (Å²) in [6.45, 7) is 0. The van der Waals surface area contributed by atoms with Gasteiger partial charge < -0.3 is 9.47 Å². The summed E-state index contributed by atoms with van der Waals surface area (Å²) in [6, 6.07) is 16.9. The van der Waals surface area contributed by atoms with E-state index >= 15 is 0 Å². The number of methoxy groups -OCH3 is 2. The van der Waals surface area contributed by atoms with Crippen molar-refractivity contribution in [3.63, 3.8) is 0 Å². The van der Waals surface area contributed by atoms with Gasteiger partial charge >= 0.3 is 0 Å². The van der Waals surface area contributed by atoms with Gasteiger partial charge in [0.15, 0.2) is 5.78 Å². The molecule has 0 radical (unpaired) electrons. The predicted octanol–water partition coefficient (Wildman–Crippen LogP) is 3.53. The van der Waals surface area contributed by atoms with Crippen molar-refractivity contribution in [3.8, 4) is 22.8 Å². The Labute approximate surface area is 167 Å². The number of hydrogen-bond donors (Lipinski definition) is 0. The average Bonchev–Trinajstić information content (AvgIpc) is 2.79. The topological polar surface area (TPSA) is 87.1 Å². The van der Waals surface area contributed by atoms with Crippen molar-refractivity contribution < 1.29 is 14.3 Å². The molecule has 2 aromatic carbocycles. The fourth-order valence-corrected chi connectivity index (χ4v) is 3.04. The quantitative estimate of drug-likeness (QED) is 0.469. The largest absolute Gasteiger partial charge is 0.494 e. The molecular formula is C22H18N4O3. The van der Waals surface area contributed by atoms with Crippen LogP contribution in [0.2, 0.25) is 0 Å². The van der Waals surface area contributed by atoms with E-state index in [-0.39, 0.29) is 17.9 Å². The molecule has 144 valence electrons. The van der Waals surface area contributed by atoms with Crippen LogP contribution in [-0.2, 0) is 6.42 Å². The van der Waals surface area contributed by atoms with E-state index in [0.717, 1.165) is 16.6 Å². The Bertz CT molecular complexity index is 1160. The zero-order chi connectivity index (χ0) is 20.2. The lowest BCUT2D eigenvalue weighted by Crippen LogP contribution is -2.09. The molecule has 0 aliphatic carbocycles. The van der Waals surface area contributed by atoms with E-state index in [1.807, 2.05) is 42.5 Å². The molecule has 0 fully saturated rings. The Hall–Kier alpha value is -3.87. The standard InChI is InChI=1S/C22H18N4O3/c1-28-19-10-8-16(14-6-4-3-5-7-14)21-22(19)24-15(13-23-21)12-18(27)17-9-11-20(29-2)26-25-17/h3-11,13H,12H2,1-2H3. The summed E-state index contributed by atoms with van der Waals surface area (Å²) in [7, 11) is 3.08. The highest BCUT2D eigenvalue weighted by atomic mass is 16.5. The molecule has 29 heavy (non-hydrogen) atoms. The second-order valence-corrected chi connectivity index (χ2v) is 6.30. The van der Waals surface area contributed by atoms with Gasteiger partial charge in [0.1, 0.15) is 22.5 Å². The van der Waals surface area contributed by atoms with Gasteiger partial charge in [0.2, 0.25) is 5.88 Å². The van der Waals surface area contributed by atoms with Gasteiger partial charge in [0.25, 0.3) is 0 Å². The molecule has 0 aliphatic rings. The highest BCUT2D eigenvalue weighted by Gasteiger charge is 2.15. The zero-order valence-electron chi connectivity index (χ0n) is 16.0. The van der Waals surface area contributed by atoms with Crippen molar-refractivity contribution in [2.45, 2.75) is 6.42 Å². The lowest BCUT2D eigenvalue weighted by Gasteiger charge is -2.10. The van der Waals surface area contributed by atoms with Gasteiger partial charge in [-0.2, -0.15) is 0 Å². The Morgan fingerprint density at radius 1 is 0.897 bits per heavy atom. The number of rotatable bonds is 6. The van der Waals surface area contributed by atoms with Crippen LogP contribution in [0, 0.1) is 0 Å². The molecule has 4 aromatic rings. The SMILES string of the molecule is COc1ccc(C(=O)Cc2cnc3c(-c4ccccc4)ccc(OC)c3n2)nn1. The summed E-state index contributed by atoms with van der Waals surface area (Å²) >= 11 is 0. The lowest BCUT2D eigenvalue weighted by atomic mass is 10.0. The Kier molecular flexibility index (Phi) is 5.11. The van der Waals surface area contributed by atoms with Gasteiger partial charge in [-0.05, 0) is 23.8 Å². The molecule has 0 saturated carbocycles. The van der Waals surface area contributed by atoms with Crippen LogP contribution in [0.3, 0.4) is 0 Å². The molecule has 0 bridgehead atoms. The molecule has 2 heterocycles. The van der Waals surface area contributed by atoms with E-state index in [0.29, 0.717) is 22.8 Å². The van der Waals surface area contributed by atoms with Crippen LogP contribution in [0.1, 0.15) is 16.2 Å². The van der Waals surface area contributed by atoms with Crippen molar-refractivity contribution in [2.75, 3.05) is 14.2 Å². The number of carbonyl (C=O) groups is 1. The number of ether oxygens (including phenoxy) is 2. The van der Waals surface area contributed by atoms with Gasteiger partial charge in [0.05, 0.1) is 26.3 Å². The number of ketones is 1. The Balaban J connectivity index is 1.70. The minimum absolute atomic E-state index is 0.0582. The molecule has 2 aromatic heterocycles. The maximum atomic E-state index is 12.6. The number of hydrogen-bond acceptors (Lipinski definition) is 7. The molecule has 0 aliphatic heterocycles. The maximum Gasteiger partial charge on any atom is 0.233 e. The summed E-state index contributed by atoms with van der Waals surface area (Å²) in [6.07, 6.45) is 1.67. The highest BCUT2D eigenvalue weighted by Crippen LogP contribution is 2.32. The molecule has 7 heteroatoms. The lowest BCUT2D eigenvalue weighted by molar-refractivity contribution is 0.0986. The number of benzene rings is 2. The highest BCUT2D eigenvalue weighted by molar-refractivity contribution is 5.97. The van der Waals surface area contributed by atoms with Gasteiger partial charge in [-0.15, -0.1) is 10.2 Å². The summed E-state index contributed by atoms with van der Waals surface area (Å²) in [5.74, 6) is 0.753. The average molecular weight is 386 g/mol. The van der Waals surface area contributed by atoms with Gasteiger partial charge in [0, 0.05) is 17.8 Å². The van der Waals surface area contributed by atoms with Crippen LogP contribution in [0.25, 0.3) is 22.2 Å². The van der Waals surface area contributed by atoms with E-state index < -0.39 is 0 Å². The first-order chi connectivity index (χ1) is 14.2. The van der Waals surface area contributed by atoms with Crippen LogP contribution in [0.4, 0.5) is 0 Å². The zero-order valence-corrected chi connectivity index (χ0v) is 16.0. The number of nitrogens with zero attached hydrogens (tertiary/aromatic N) is 4. The van der Waals surface area contributed by atoms with Crippen LogP contribution in [-0.4, -0.2) is 40.2 Å². The molecular weight excluding hydrogens is 368 g/mol. The van der Waals surface area contributed by atoms with E-state index in [2.05, 4.69) is 20.2 Å². The van der Waals surface area contributed by atoms with Crippen molar-refractivity contribution in [2.24, 2.45) is 0 Å². The molecule has 0 N–H and O–H groups in total. The first-order valence-electron chi connectivity index (χ1n) is 8.98. The number of aromatic nitrogens is 4. The summed E-state index contributed by atoms with van der Waals surface area (Å²) in [5, 5.41) is 7.73. The summed E-state index contributed by atoms with van der Waals surface area (Å²) in [5.41, 5.74) is 4.09. The minimum Gasteiger partial charge on any atom is -0.494 e. The molecule has 0 atom stereocenters. The second kappa shape index (κ2) is 8.02. The van der Waals surface area contributed by atoms with Crippen LogP contribution in [0.5, 0.6) is 11.6 Å². The Morgan fingerprint density at radius 3 is 2.41 bits per heavy atom. The van der Waals surface area contributed by atoms with Gasteiger partial charge in [-0.3, -0.25) is 9.78 Å². The summed E-state index contributed by atoms with van der Waals surface area (Å²) < 4.78 is 10.4. The molecule has 4 rings (SSSR count). The van der Waals surface area contributed by atoms with Crippen molar-refractivity contribution in [3.05, 3.63) is 72.2 Å². The van der Waals surface area contributed by atoms with Gasteiger partial charge in [-0.25, -0.2) is 4.98 Å². The summed E-state index contributed by atoms with van der Waals surface area (Å²) in [4.78, 5) is 21.8. The smallest absolute Gasteiger partial charge is 0.233 e. The molecule has 0 amide bonds. The molecule has 0 spiro atoms. The number of Topliss-reactive ketones (excluding diaryl/α,β-unsaturated/α-hetero) is 1. The third kappa shape index (κ3) is 3.75. The van der Waals surface area contributed by atoms with Crippen molar-refractivity contribution >= 4 is 16.8 Å². The van der Waals surface area contributed by atoms with Crippen molar-refractivity contribution in [1.29, 1.82) is 0 Å². The third-order valence-electron chi connectivity index (χ3n) is 4.49. The normalized spacial score (nSPS) is 10.7. The predicted molar refractivity (Wildman–Crippen MR) is 108 cm³/mol. The Morgan fingerprint density at radius 2 is 1.72 bits per heavy atom. The number of carbonyl (C=O) groups excluding carboxylic acids is 1. The van der Waals surface area contributed by atoms with Crippen LogP contribution >= 0.6 is 0 Å². The maximum absolute atomic E-state index is 12.6. The van der Waals surface area contributed by atoms with E-state index in [1.165, 1.54) is 7.11 Å². The fraction of sp³-hybridized carbons (Fsp3) is 0.136. The van der Waals surface area contributed by atoms with Crippen LogP contribution in [0.15, 0.2) is 60.8 Å². The molecule has 0 unspecified atom stereocenters. The molecule has 0 saturated heterocycles. The number of fused-ring (bicyclic) bond motifs is 1. The van der Waals surface area contributed by atoms with Crippen molar-refractivity contribution in [1.82, 2.24) is 20.2 Å². The molecule has 7 nitrogen and oxygen atoms in total. The van der Waals surface area contributed by atoms with E-state index in [9.17, 15) is 4.79 Å². The third-order valence-corrected chi connectivity index (χ3v) is 4.49. The van der Waals surface area contributed by atoms with Crippen LogP contribution < -0.4 is 9.47 Å². The first-order valence-corrected chi connectivity index (χ1v) is 8.98. The van der Waals surface area contributed by atoms with Gasteiger partial charge in [-0.1, -0.05) is 30.3 Å². The first kappa shape index (κ1) is 18.5. The van der Waals surface area contributed by atoms with E-state index in [1.54, 1.807) is 25.4 Å².